The number of hydrogen-bond donors (Lipinski definition) is 0. The third-order valence-electron chi connectivity index (χ3n) is 2.01. The van der Waals surface area contributed by atoms with Crippen LogP contribution in [0.4, 0.5) is 0 Å². The predicted octanol–water partition coefficient (Wildman–Crippen LogP) is 0.0409. The molecule has 9 heavy (non-hydrogen) atoms. The molecule has 0 aromatic rings. The first kappa shape index (κ1) is 12.3. The molecule has 0 nitrogen and oxygen atoms in total. The average molecular weight is 120 g/mol. The Bertz CT molecular complexity index is 44.5. The van der Waals surface area contributed by atoms with E-state index >= 15 is 0 Å². The molecule has 0 aromatic heterocycles. The van der Waals surface area contributed by atoms with Gasteiger partial charge in [0.1, 0.15) is 0 Å². The molecule has 1 heteroatoms. The summed E-state index contributed by atoms with van der Waals surface area (Å²) in [6, 6.07) is 0. The van der Waals surface area contributed by atoms with Crippen LogP contribution in [0.2, 0.25) is 0 Å². The summed E-state index contributed by atoms with van der Waals surface area (Å²) in [5, 5.41) is 0. The van der Waals surface area contributed by atoms with Crippen molar-refractivity contribution in [3.63, 3.8) is 0 Å². The molecular weight excluding hydrogens is 103 g/mol. The Balaban J connectivity index is 0. The van der Waals surface area contributed by atoms with Crippen molar-refractivity contribution in [2.24, 2.45) is 5.92 Å². The van der Waals surface area contributed by atoms with E-state index < -0.39 is 0 Å². The van der Waals surface area contributed by atoms with E-state index in [9.17, 15) is 0 Å². The van der Waals surface area contributed by atoms with Gasteiger partial charge in [-0.3, -0.25) is 0 Å². The molecule has 0 aliphatic rings. The van der Waals surface area contributed by atoms with Crippen LogP contribution in [0.3, 0.4) is 0 Å². The van der Waals surface area contributed by atoms with Crippen LogP contribution in [0, 0.1) is 11.8 Å². The summed E-state index contributed by atoms with van der Waals surface area (Å²) < 4.78 is 0. The molecule has 0 bridgehead atoms. The van der Waals surface area contributed by atoms with E-state index in [1.165, 1.54) is 12.8 Å². The van der Waals surface area contributed by atoms with E-state index in [0.29, 0.717) is 0 Å². The largest absolute Gasteiger partial charge is 1.00 e. The second-order valence-corrected chi connectivity index (χ2v) is 2.51. The number of hydrogen-bond acceptors (Lipinski definition) is 0. The molecule has 0 heterocycles. The fraction of sp³-hybridized carbons (Fsp3) is 0.875. The second-order valence-electron chi connectivity index (χ2n) is 2.51. The van der Waals surface area contributed by atoms with Gasteiger partial charge in [-0.2, -0.15) is 19.3 Å². The third kappa shape index (κ3) is 5.06. The van der Waals surface area contributed by atoms with Gasteiger partial charge in [0.25, 0.3) is 0 Å². The van der Waals surface area contributed by atoms with Gasteiger partial charge in [0.05, 0.1) is 0 Å². The molecule has 0 spiro atoms. The zero-order valence-electron chi connectivity index (χ0n) is 7.49. The van der Waals surface area contributed by atoms with Crippen molar-refractivity contribution in [3.05, 3.63) is 5.92 Å². The van der Waals surface area contributed by atoms with E-state index in [-0.39, 0.29) is 18.9 Å². The Kier molecular flexibility index (Phi) is 9.17. The van der Waals surface area contributed by atoms with Gasteiger partial charge in [-0.1, -0.05) is 27.2 Å². The van der Waals surface area contributed by atoms with Gasteiger partial charge in [0.2, 0.25) is 0 Å². The molecule has 1 atom stereocenters. The van der Waals surface area contributed by atoms with Crippen molar-refractivity contribution in [3.8, 4) is 0 Å². The summed E-state index contributed by atoms with van der Waals surface area (Å²) in [5.41, 5.74) is 0. The van der Waals surface area contributed by atoms with E-state index in [1.54, 1.807) is 5.92 Å². The fourth-order valence-electron chi connectivity index (χ4n) is 0.697. The van der Waals surface area contributed by atoms with Gasteiger partial charge in [-0.05, 0) is 0 Å². The van der Waals surface area contributed by atoms with Crippen LogP contribution in [-0.2, 0) is 0 Å². The molecule has 0 saturated carbocycles. The quantitative estimate of drug-likeness (QED) is 0.364. The van der Waals surface area contributed by atoms with Crippen LogP contribution in [-0.4, -0.2) is 0 Å². The van der Waals surface area contributed by atoms with Gasteiger partial charge in [0, 0.05) is 0 Å². The van der Waals surface area contributed by atoms with E-state index in [2.05, 4.69) is 27.7 Å². The van der Waals surface area contributed by atoms with Gasteiger partial charge in [0.15, 0.2) is 0 Å². The van der Waals surface area contributed by atoms with Crippen molar-refractivity contribution in [1.82, 2.24) is 0 Å². The normalized spacial score (nSPS) is 13.0. The van der Waals surface area contributed by atoms with Gasteiger partial charge in [-0.25, -0.2) is 0 Å². The molecule has 0 radical (unpaired) electrons. The van der Waals surface area contributed by atoms with Crippen molar-refractivity contribution in [2.75, 3.05) is 0 Å². The predicted molar refractivity (Wildman–Crippen MR) is 38.7 cm³/mol. The topological polar surface area (TPSA) is 0 Å². The van der Waals surface area contributed by atoms with Gasteiger partial charge in [-0.15, -0.1) is 0 Å². The van der Waals surface area contributed by atoms with Crippen LogP contribution in [0.5, 0.6) is 0 Å². The zero-order valence-corrected chi connectivity index (χ0v) is 7.49. The maximum Gasteiger partial charge on any atom is 1.00 e. The minimum Gasteiger partial charge on any atom is -0.314 e. The summed E-state index contributed by atoms with van der Waals surface area (Å²) in [6.45, 7) is 9.00. The third-order valence-corrected chi connectivity index (χ3v) is 2.01. The van der Waals surface area contributed by atoms with Crippen molar-refractivity contribution >= 4 is 0 Å². The summed E-state index contributed by atoms with van der Waals surface area (Å²) >= 11 is 0. The zero-order chi connectivity index (χ0) is 6.57. The monoisotopic (exact) mass is 120 g/mol. The van der Waals surface area contributed by atoms with E-state index in [4.69, 9.17) is 0 Å². The molecule has 0 saturated heterocycles. The molecule has 0 rings (SSSR count). The Hall–Kier alpha value is 0.597. The van der Waals surface area contributed by atoms with E-state index in [0.717, 1.165) is 5.92 Å². The van der Waals surface area contributed by atoms with Crippen molar-refractivity contribution < 1.29 is 18.9 Å². The summed E-state index contributed by atoms with van der Waals surface area (Å²) in [4.78, 5) is 0. The van der Waals surface area contributed by atoms with Crippen LogP contribution in [0.1, 0.15) is 40.5 Å². The van der Waals surface area contributed by atoms with Crippen LogP contribution >= 0.6 is 0 Å². The van der Waals surface area contributed by atoms with Crippen LogP contribution < -0.4 is 18.9 Å². The molecule has 0 aliphatic heterocycles. The Morgan fingerprint density at radius 3 is 1.89 bits per heavy atom. The molecule has 0 N–H and O–H groups in total. The maximum atomic E-state index is 2.29. The first-order valence-corrected chi connectivity index (χ1v) is 3.54. The first-order chi connectivity index (χ1) is 3.72. The molecule has 0 aromatic carbocycles. The molecule has 0 amide bonds. The molecule has 0 aliphatic carbocycles. The summed E-state index contributed by atoms with van der Waals surface area (Å²) in [5.74, 6) is 2.47. The Morgan fingerprint density at radius 2 is 1.78 bits per heavy atom. The molecule has 1 unspecified atom stereocenters. The Morgan fingerprint density at radius 1 is 1.33 bits per heavy atom. The van der Waals surface area contributed by atoms with Crippen LogP contribution in [0.15, 0.2) is 0 Å². The first-order valence-electron chi connectivity index (χ1n) is 3.54. The average Bonchev–Trinajstić information content (AvgIpc) is 1.84. The standard InChI is InChI=1S/C8H17.Li/c1-5-7(3)8(4)6-2;/h7H,5-6H2,1-4H3;/q-1;+1. The summed E-state index contributed by atoms with van der Waals surface area (Å²) in [6.07, 6.45) is 2.54. The molecule has 50 valence electrons. The van der Waals surface area contributed by atoms with E-state index in [1.807, 2.05) is 0 Å². The molecule has 0 fully saturated rings. The second kappa shape index (κ2) is 6.71. The Labute approximate surface area is 71.6 Å². The van der Waals surface area contributed by atoms with Crippen molar-refractivity contribution in [1.29, 1.82) is 0 Å². The molecular formula is C8H17Li. The minimum absolute atomic E-state index is 0. The van der Waals surface area contributed by atoms with Crippen LogP contribution in [0.25, 0.3) is 0 Å². The van der Waals surface area contributed by atoms with Crippen molar-refractivity contribution in [2.45, 2.75) is 40.5 Å². The SMILES string of the molecule is CC[C-](C)C(C)CC.[Li+]. The summed E-state index contributed by atoms with van der Waals surface area (Å²) in [7, 11) is 0. The minimum atomic E-state index is 0. The van der Waals surface area contributed by atoms with Gasteiger partial charge < -0.3 is 5.92 Å². The smallest absolute Gasteiger partial charge is 0.314 e. The van der Waals surface area contributed by atoms with Gasteiger partial charge >= 0.3 is 18.9 Å². The number of rotatable bonds is 3. The maximum absolute atomic E-state index is 2.29. The fourth-order valence-corrected chi connectivity index (χ4v) is 0.697.